The maximum absolute atomic E-state index is 9.17. The highest BCUT2D eigenvalue weighted by atomic mass is 32.1. The average Bonchev–Trinajstić information content (AvgIpc) is 2.29. The molecule has 66 valence electrons. The molecule has 12 heavy (non-hydrogen) atoms. The van der Waals surface area contributed by atoms with E-state index in [1.165, 1.54) is 0 Å². The minimum absolute atomic E-state index is 0.427. The van der Waals surface area contributed by atoms with Gasteiger partial charge < -0.3 is 26.1 Å². The lowest BCUT2D eigenvalue weighted by Crippen LogP contribution is -2.46. The van der Waals surface area contributed by atoms with Crippen molar-refractivity contribution in [3.05, 3.63) is 10.5 Å². The molecule has 1 aromatic heterocycles. The zero-order valence-corrected chi connectivity index (χ0v) is 6.90. The van der Waals surface area contributed by atoms with Crippen LogP contribution in [-0.4, -0.2) is 21.4 Å². The highest BCUT2D eigenvalue weighted by molar-refractivity contribution is 7.71. The maximum Gasteiger partial charge on any atom is 0.184 e. The summed E-state index contributed by atoms with van der Waals surface area (Å²) in [5.41, 5.74) is 6.37. The van der Waals surface area contributed by atoms with Crippen LogP contribution in [0.25, 0.3) is 0 Å². The van der Waals surface area contributed by atoms with Gasteiger partial charge in [-0.05, 0) is 12.2 Å². The van der Waals surface area contributed by atoms with Gasteiger partial charge in [0.05, 0.1) is 5.69 Å². The molecule has 7 N–H and O–H groups in total. The van der Waals surface area contributed by atoms with Crippen LogP contribution in [0.15, 0.2) is 0 Å². The summed E-state index contributed by atoms with van der Waals surface area (Å²) in [6.07, 6.45) is -1.27. The molecule has 0 spiro atoms. The Labute approximate surface area is 73.2 Å². The summed E-state index contributed by atoms with van der Waals surface area (Å²) >= 11 is 4.86. The van der Waals surface area contributed by atoms with Gasteiger partial charge in [-0.15, -0.1) is 0 Å². The van der Waals surface area contributed by atoms with Crippen LogP contribution in [0.2, 0.25) is 0 Å². The number of nitrogens with two attached hydrogens (primary N) is 1. The van der Waals surface area contributed by atoms with Gasteiger partial charge in [0.2, 0.25) is 0 Å². The molecule has 2 heterocycles. The van der Waals surface area contributed by atoms with Crippen molar-refractivity contribution >= 4 is 18.0 Å². The first-order valence-electron chi connectivity index (χ1n) is 3.45. The molecular formula is C5H9N5OS. The second-order valence-corrected chi connectivity index (χ2v) is 2.97. The number of nitrogens with one attached hydrogen (secondary N) is 4. The van der Waals surface area contributed by atoms with Crippen molar-refractivity contribution in [2.45, 2.75) is 12.5 Å². The smallest absolute Gasteiger partial charge is 0.184 e. The average molecular weight is 187 g/mol. The Morgan fingerprint density at radius 1 is 1.42 bits per heavy atom. The number of hydrogen-bond donors (Lipinski definition) is 6. The van der Waals surface area contributed by atoms with Crippen molar-refractivity contribution in [2.24, 2.45) is 5.73 Å². The van der Waals surface area contributed by atoms with E-state index >= 15 is 0 Å². The lowest BCUT2D eigenvalue weighted by molar-refractivity contribution is 0.142. The molecule has 0 aromatic carbocycles. The molecule has 1 aromatic rings. The van der Waals surface area contributed by atoms with Gasteiger partial charge in [0.25, 0.3) is 0 Å². The maximum atomic E-state index is 9.17. The Morgan fingerprint density at radius 2 is 2.17 bits per heavy atom. The fraction of sp³-hybridized carbons (Fsp3) is 0.400. The summed E-state index contributed by atoms with van der Waals surface area (Å²) in [7, 11) is 0. The third kappa shape index (κ3) is 1.12. The molecule has 1 aliphatic heterocycles. The van der Waals surface area contributed by atoms with Gasteiger partial charge in [0.15, 0.2) is 11.1 Å². The number of imidazole rings is 1. The van der Waals surface area contributed by atoms with Gasteiger partial charge in [-0.3, -0.25) is 5.32 Å². The molecule has 2 unspecified atom stereocenters. The van der Waals surface area contributed by atoms with Crippen LogP contribution in [0.3, 0.4) is 0 Å². The monoisotopic (exact) mass is 187 g/mol. The molecule has 2 rings (SSSR count). The fourth-order valence-electron chi connectivity index (χ4n) is 1.18. The second kappa shape index (κ2) is 2.56. The number of fused-ring (bicyclic) bond motifs is 1. The Bertz CT molecular complexity index is 344. The normalized spacial score (nSPS) is 27.8. The van der Waals surface area contributed by atoms with E-state index in [9.17, 15) is 0 Å². The van der Waals surface area contributed by atoms with Gasteiger partial charge in [-0.25, -0.2) is 0 Å². The Kier molecular flexibility index (Phi) is 1.65. The molecule has 2 atom stereocenters. The lowest BCUT2D eigenvalue weighted by Gasteiger charge is -2.25. The molecule has 0 saturated heterocycles. The standard InChI is InChI=1S/C5H9N5OS/c6-2-1-3(9-4(11)8-2)10-5(12)7-1/h2,4,8-9,11H,6H2,(H2,7,10,12). The van der Waals surface area contributed by atoms with E-state index in [0.717, 1.165) is 5.69 Å². The second-order valence-electron chi connectivity index (χ2n) is 2.56. The van der Waals surface area contributed by atoms with Crippen LogP contribution in [0.4, 0.5) is 5.82 Å². The van der Waals surface area contributed by atoms with E-state index < -0.39 is 12.5 Å². The highest BCUT2D eigenvalue weighted by Gasteiger charge is 2.22. The number of aromatic nitrogens is 2. The largest absolute Gasteiger partial charge is 0.361 e. The third-order valence-corrected chi connectivity index (χ3v) is 1.89. The number of H-pyrrole nitrogens is 2. The van der Waals surface area contributed by atoms with E-state index in [0.29, 0.717) is 10.6 Å². The minimum Gasteiger partial charge on any atom is -0.361 e. The zero-order chi connectivity index (χ0) is 8.72. The topological polar surface area (TPSA) is 102 Å². The van der Waals surface area contributed by atoms with Crippen molar-refractivity contribution in [1.82, 2.24) is 15.3 Å². The number of rotatable bonds is 0. The van der Waals surface area contributed by atoms with E-state index in [4.69, 9.17) is 23.1 Å². The van der Waals surface area contributed by atoms with E-state index in [2.05, 4.69) is 20.6 Å². The molecule has 0 bridgehead atoms. The summed E-state index contributed by atoms with van der Waals surface area (Å²) in [5.74, 6) is 0.638. The van der Waals surface area contributed by atoms with E-state index in [-0.39, 0.29) is 0 Å². The van der Waals surface area contributed by atoms with Crippen molar-refractivity contribution in [1.29, 1.82) is 0 Å². The molecule has 7 heteroatoms. The first-order chi connectivity index (χ1) is 5.66. The number of hydrogen-bond acceptors (Lipinski definition) is 5. The first-order valence-corrected chi connectivity index (χ1v) is 3.86. The predicted octanol–water partition coefficient (Wildman–Crippen LogP) is -0.679. The minimum atomic E-state index is -0.839. The first kappa shape index (κ1) is 7.74. The van der Waals surface area contributed by atoms with Crippen molar-refractivity contribution in [3.8, 4) is 0 Å². The van der Waals surface area contributed by atoms with Crippen LogP contribution in [0.5, 0.6) is 0 Å². The van der Waals surface area contributed by atoms with Crippen molar-refractivity contribution < 1.29 is 5.11 Å². The van der Waals surface area contributed by atoms with Crippen LogP contribution >= 0.6 is 12.2 Å². The summed E-state index contributed by atoms with van der Waals surface area (Å²) in [6, 6.07) is 0. The van der Waals surface area contributed by atoms with Gasteiger partial charge in [0.1, 0.15) is 12.0 Å². The van der Waals surface area contributed by atoms with Crippen LogP contribution in [0.1, 0.15) is 11.9 Å². The Hall–Kier alpha value is -0.890. The quantitative estimate of drug-likeness (QED) is 0.302. The highest BCUT2D eigenvalue weighted by Crippen LogP contribution is 2.20. The van der Waals surface area contributed by atoms with Crippen molar-refractivity contribution in [3.63, 3.8) is 0 Å². The van der Waals surface area contributed by atoms with Crippen molar-refractivity contribution in [2.75, 3.05) is 5.32 Å². The number of aliphatic hydroxyl groups is 1. The molecule has 6 nitrogen and oxygen atoms in total. The summed E-state index contributed by atoms with van der Waals surface area (Å²) in [4.78, 5) is 5.69. The van der Waals surface area contributed by atoms with Gasteiger partial charge in [-0.2, -0.15) is 0 Å². The molecule has 0 amide bonds. The number of aliphatic hydroxyl groups excluding tert-OH is 1. The predicted molar refractivity (Wildman–Crippen MR) is 45.7 cm³/mol. The third-order valence-electron chi connectivity index (χ3n) is 1.69. The summed E-state index contributed by atoms with van der Waals surface area (Å²) < 4.78 is 0.485. The number of anilines is 1. The fourth-order valence-corrected chi connectivity index (χ4v) is 1.39. The zero-order valence-electron chi connectivity index (χ0n) is 6.09. The van der Waals surface area contributed by atoms with Gasteiger partial charge in [-0.1, -0.05) is 0 Å². The molecule has 0 fully saturated rings. The molecular weight excluding hydrogens is 178 g/mol. The van der Waals surface area contributed by atoms with E-state index in [1.54, 1.807) is 0 Å². The van der Waals surface area contributed by atoms with E-state index in [1.807, 2.05) is 0 Å². The molecule has 0 aliphatic carbocycles. The summed E-state index contributed by atoms with van der Waals surface area (Å²) in [6.45, 7) is 0. The SMILES string of the molecule is NC1NC(O)Nc2[nH]c(=S)[nH]c21. The molecule has 0 radical (unpaired) electrons. The molecule has 1 aliphatic rings. The molecule has 0 saturated carbocycles. The Balaban J connectivity index is 2.46. The van der Waals surface area contributed by atoms with Crippen LogP contribution in [0, 0.1) is 4.77 Å². The van der Waals surface area contributed by atoms with Gasteiger partial charge >= 0.3 is 0 Å². The Morgan fingerprint density at radius 3 is 2.92 bits per heavy atom. The lowest BCUT2D eigenvalue weighted by atomic mass is 10.3. The summed E-state index contributed by atoms with van der Waals surface area (Å²) in [5, 5.41) is 14.6. The number of aromatic amines is 2. The van der Waals surface area contributed by atoms with Gasteiger partial charge in [0, 0.05) is 0 Å². The van der Waals surface area contributed by atoms with Crippen LogP contribution in [-0.2, 0) is 0 Å². The van der Waals surface area contributed by atoms with Crippen LogP contribution < -0.4 is 16.4 Å².